The number of carbonyl (C=O) groups is 2. The van der Waals surface area contributed by atoms with Gasteiger partial charge >= 0.3 is 6.03 Å². The quantitative estimate of drug-likeness (QED) is 0.300. The third-order valence-electron chi connectivity index (χ3n) is 8.40. The third kappa shape index (κ3) is 6.84. The maximum Gasteiger partial charge on any atom is 0.319 e. The molecule has 0 bridgehead atoms. The summed E-state index contributed by atoms with van der Waals surface area (Å²) in [5.41, 5.74) is 5.76. The lowest BCUT2D eigenvalue weighted by atomic mass is 9.95. The highest BCUT2D eigenvalue weighted by molar-refractivity contribution is 6.03. The predicted molar refractivity (Wildman–Crippen MR) is 173 cm³/mol. The minimum Gasteiger partial charge on any atom is -0.349 e. The molecule has 0 spiro atoms. The standard InChI is InChI=1S/C33H41N9O2/c1-3-42-22-28(30(39-42)23-9-11-25(12-10-23)37-33(44)36-24-7-5-4-6-8-24)26-13-14-34-31-27(26)21-29(38-31)32(43)35-15-16-41-19-17-40(2)18-20-41/h5,7-11,13-14,21-22,25H,3-4,6,12,15-20H2,1-2H3,(H,34,38)(H,35,43)(H2,36,37,44). The van der Waals surface area contributed by atoms with Gasteiger partial charge < -0.3 is 25.8 Å². The number of aryl methyl sites for hydroxylation is 1. The molecule has 3 amide bonds. The first kappa shape index (κ1) is 29.6. The van der Waals surface area contributed by atoms with Gasteiger partial charge in [0.1, 0.15) is 11.3 Å². The number of pyridine rings is 1. The van der Waals surface area contributed by atoms with Crippen LogP contribution in [-0.4, -0.2) is 93.8 Å². The van der Waals surface area contributed by atoms with Crippen LogP contribution >= 0.6 is 0 Å². The number of likely N-dealkylation sites (N-methyl/N-ethyl adjacent to an activating group) is 1. The summed E-state index contributed by atoms with van der Waals surface area (Å²) >= 11 is 0. The van der Waals surface area contributed by atoms with Gasteiger partial charge in [0, 0.05) is 74.9 Å². The van der Waals surface area contributed by atoms with Crippen molar-refractivity contribution in [3.8, 4) is 11.1 Å². The van der Waals surface area contributed by atoms with Gasteiger partial charge in [0.15, 0.2) is 0 Å². The average molecular weight is 596 g/mol. The molecule has 0 radical (unpaired) electrons. The Labute approximate surface area is 257 Å². The normalized spacial score (nSPS) is 19.1. The zero-order valence-electron chi connectivity index (χ0n) is 25.5. The van der Waals surface area contributed by atoms with E-state index >= 15 is 0 Å². The number of carbonyl (C=O) groups excluding carboxylic acids is 2. The lowest BCUT2D eigenvalue weighted by Crippen LogP contribution is -2.46. The van der Waals surface area contributed by atoms with Crippen molar-refractivity contribution in [3.05, 3.63) is 78.1 Å². The minimum atomic E-state index is -0.212. The molecular weight excluding hydrogens is 554 g/mol. The van der Waals surface area contributed by atoms with E-state index in [2.05, 4.69) is 61.8 Å². The molecule has 1 aliphatic heterocycles. The number of hydrogen-bond acceptors (Lipinski definition) is 6. The van der Waals surface area contributed by atoms with E-state index < -0.39 is 0 Å². The van der Waals surface area contributed by atoms with E-state index in [1.807, 2.05) is 47.3 Å². The van der Waals surface area contributed by atoms with Gasteiger partial charge in [-0.25, -0.2) is 9.78 Å². The molecule has 3 aliphatic rings. The number of H-pyrrole nitrogens is 1. The van der Waals surface area contributed by atoms with Crippen LogP contribution in [0.3, 0.4) is 0 Å². The first-order valence-corrected chi connectivity index (χ1v) is 15.5. The van der Waals surface area contributed by atoms with E-state index in [0.29, 0.717) is 24.3 Å². The van der Waals surface area contributed by atoms with Crippen molar-refractivity contribution < 1.29 is 9.59 Å². The van der Waals surface area contributed by atoms with Gasteiger partial charge in [0.2, 0.25) is 0 Å². The Kier molecular flexibility index (Phi) is 9.04. The van der Waals surface area contributed by atoms with Crippen molar-refractivity contribution in [3.63, 3.8) is 0 Å². The minimum absolute atomic E-state index is 0.113. The van der Waals surface area contributed by atoms with Gasteiger partial charge in [-0.2, -0.15) is 5.10 Å². The molecule has 1 atom stereocenters. The van der Waals surface area contributed by atoms with Crippen LogP contribution in [0.15, 0.2) is 66.7 Å². The molecule has 0 saturated carbocycles. The lowest BCUT2D eigenvalue weighted by molar-refractivity contribution is 0.0937. The topological polar surface area (TPSA) is 123 Å². The molecule has 11 nitrogen and oxygen atoms in total. The zero-order chi connectivity index (χ0) is 30.5. The van der Waals surface area contributed by atoms with Crippen LogP contribution in [0, 0.1) is 0 Å². The Morgan fingerprint density at radius 1 is 1.09 bits per heavy atom. The van der Waals surface area contributed by atoms with Crippen LogP contribution < -0.4 is 16.0 Å². The number of fused-ring (bicyclic) bond motifs is 1. The van der Waals surface area contributed by atoms with E-state index in [9.17, 15) is 9.59 Å². The molecule has 6 rings (SSSR count). The first-order valence-electron chi connectivity index (χ1n) is 15.5. The summed E-state index contributed by atoms with van der Waals surface area (Å²) in [4.78, 5) is 38.0. The number of aromatic nitrogens is 4. The second-order valence-electron chi connectivity index (χ2n) is 11.6. The van der Waals surface area contributed by atoms with E-state index in [-0.39, 0.29) is 18.0 Å². The highest BCUT2D eigenvalue weighted by atomic mass is 16.2. The lowest BCUT2D eigenvalue weighted by Gasteiger charge is -2.32. The number of nitrogens with zero attached hydrogens (tertiary/aromatic N) is 5. The van der Waals surface area contributed by atoms with Crippen LogP contribution in [-0.2, 0) is 6.54 Å². The fraction of sp³-hybridized carbons (Fsp3) is 0.394. The van der Waals surface area contributed by atoms with Crippen LogP contribution in [0.2, 0.25) is 0 Å². The molecule has 4 N–H and O–H groups in total. The van der Waals surface area contributed by atoms with E-state index in [4.69, 9.17) is 5.10 Å². The van der Waals surface area contributed by atoms with Gasteiger partial charge in [-0.1, -0.05) is 30.4 Å². The molecule has 3 aromatic heterocycles. The van der Waals surface area contributed by atoms with Gasteiger partial charge in [-0.15, -0.1) is 0 Å². The highest BCUT2D eigenvalue weighted by Gasteiger charge is 2.21. The number of amides is 3. The smallest absolute Gasteiger partial charge is 0.319 e. The summed E-state index contributed by atoms with van der Waals surface area (Å²) < 4.78 is 1.92. The summed E-state index contributed by atoms with van der Waals surface area (Å²) in [6, 6.07) is 3.53. The molecular formula is C33H41N9O2. The molecule has 2 aliphatic carbocycles. The largest absolute Gasteiger partial charge is 0.349 e. The maximum absolute atomic E-state index is 13.1. The summed E-state index contributed by atoms with van der Waals surface area (Å²) in [5, 5.41) is 14.8. The van der Waals surface area contributed by atoms with Crippen molar-refractivity contribution in [2.24, 2.45) is 0 Å². The Hall–Kier alpha value is -4.48. The number of allylic oxidation sites excluding steroid dienone is 5. The molecule has 1 saturated heterocycles. The number of nitrogens with one attached hydrogen (secondary N) is 4. The second kappa shape index (κ2) is 13.4. The second-order valence-corrected chi connectivity index (χ2v) is 11.6. The van der Waals surface area contributed by atoms with Crippen molar-refractivity contribution in [1.29, 1.82) is 0 Å². The van der Waals surface area contributed by atoms with Crippen LogP contribution in [0.1, 0.15) is 42.4 Å². The number of aromatic amines is 1. The molecule has 3 aromatic rings. The Morgan fingerprint density at radius 3 is 2.70 bits per heavy atom. The Bertz CT molecular complexity index is 1640. The van der Waals surface area contributed by atoms with Gasteiger partial charge in [0.05, 0.1) is 11.7 Å². The number of rotatable bonds is 9. The van der Waals surface area contributed by atoms with Gasteiger partial charge in [0.25, 0.3) is 5.91 Å². The number of piperazine rings is 1. The van der Waals surface area contributed by atoms with Crippen LogP contribution in [0.5, 0.6) is 0 Å². The molecule has 1 unspecified atom stereocenters. The third-order valence-corrected chi connectivity index (χ3v) is 8.40. The van der Waals surface area contributed by atoms with Crippen molar-refractivity contribution >= 4 is 28.5 Å². The maximum atomic E-state index is 13.1. The summed E-state index contributed by atoms with van der Waals surface area (Å²) in [5.74, 6) is -0.135. The van der Waals surface area contributed by atoms with Crippen LogP contribution in [0.25, 0.3) is 27.7 Å². The van der Waals surface area contributed by atoms with Crippen molar-refractivity contribution in [1.82, 2.24) is 45.5 Å². The molecule has 4 heterocycles. The summed E-state index contributed by atoms with van der Waals surface area (Å²) in [6.07, 6.45) is 18.6. The van der Waals surface area contributed by atoms with Gasteiger partial charge in [-0.3, -0.25) is 14.4 Å². The fourth-order valence-corrected chi connectivity index (χ4v) is 5.82. The first-order chi connectivity index (χ1) is 21.5. The Balaban J connectivity index is 1.15. The van der Waals surface area contributed by atoms with E-state index in [0.717, 1.165) is 85.6 Å². The van der Waals surface area contributed by atoms with Crippen molar-refractivity contribution in [2.75, 3.05) is 46.3 Å². The summed E-state index contributed by atoms with van der Waals surface area (Å²) in [6.45, 7) is 8.37. The number of urea groups is 1. The van der Waals surface area contributed by atoms with E-state index in [1.54, 1.807) is 6.20 Å². The highest BCUT2D eigenvalue weighted by Crippen LogP contribution is 2.35. The predicted octanol–water partition coefficient (Wildman–Crippen LogP) is 3.67. The molecule has 0 aromatic carbocycles. The zero-order valence-corrected chi connectivity index (χ0v) is 25.5. The van der Waals surface area contributed by atoms with Crippen LogP contribution in [0.4, 0.5) is 4.79 Å². The summed E-state index contributed by atoms with van der Waals surface area (Å²) in [7, 11) is 2.14. The molecule has 230 valence electrons. The molecule has 11 heteroatoms. The monoisotopic (exact) mass is 595 g/mol. The molecule has 1 fully saturated rings. The molecule has 44 heavy (non-hydrogen) atoms. The fourth-order valence-electron chi connectivity index (χ4n) is 5.82. The Morgan fingerprint density at radius 2 is 1.95 bits per heavy atom. The SMILES string of the molecule is CCn1cc(-c2ccnc3[nH]c(C(=O)NCCN4CCN(C)CC4)cc23)c(C2=CCC(NC(=O)NC3=CCCC=C3)C=C2)n1. The average Bonchev–Trinajstić information content (AvgIpc) is 3.68. The van der Waals surface area contributed by atoms with Crippen molar-refractivity contribution in [2.45, 2.75) is 38.8 Å². The number of hydrogen-bond donors (Lipinski definition) is 4. The van der Waals surface area contributed by atoms with Gasteiger partial charge in [-0.05, 0) is 62.6 Å². The van der Waals surface area contributed by atoms with E-state index in [1.165, 1.54) is 0 Å².